The first-order chi connectivity index (χ1) is 35.4. The number of benzene rings is 11. The standard InChI is InChI=1S/C70H50N2/c1-70(2)64-32-14-13-31-59(64)61-43-63-62-41-52(51-34-36-58-56-29-10-9-27-54(56)55-28-11-12-30-57(55)60(58)40-51)35-37-67(62)72(68(63)44-65(61)70)69-33-17-25-50(49-24-15-22-47(38-49)45-18-5-3-6-19-45)42-66(71-69)53-26-16-23-48(39-53)46-20-7-4-8-21-46/h3-16,18-24,26-44H,17,25H2,1-2H3. The Kier molecular flexibility index (Phi) is 9.73. The van der Waals surface area contributed by atoms with E-state index in [0.717, 1.165) is 35.5 Å². The molecule has 0 spiro atoms. The highest BCUT2D eigenvalue weighted by molar-refractivity contribution is 6.26. The average molecular weight is 919 g/mol. The van der Waals surface area contributed by atoms with Crippen LogP contribution in [0.4, 0.5) is 0 Å². The highest BCUT2D eigenvalue weighted by atomic mass is 15.1. The van der Waals surface area contributed by atoms with Crippen LogP contribution in [0.25, 0.3) is 110 Å². The second kappa shape index (κ2) is 16.6. The second-order valence-corrected chi connectivity index (χ2v) is 20.2. The van der Waals surface area contributed by atoms with Crippen LogP contribution in [0.3, 0.4) is 0 Å². The molecule has 0 radical (unpaired) electrons. The highest BCUT2D eigenvalue weighted by Crippen LogP contribution is 2.51. The fourth-order valence-electron chi connectivity index (χ4n) is 12.1. The summed E-state index contributed by atoms with van der Waals surface area (Å²) in [5, 5.41) is 10.2. The summed E-state index contributed by atoms with van der Waals surface area (Å²) < 4.78 is 2.46. The maximum atomic E-state index is 5.84. The molecule has 0 amide bonds. The average Bonchev–Trinajstić information content (AvgIpc) is 3.87. The van der Waals surface area contributed by atoms with Gasteiger partial charge in [-0.05, 0) is 167 Å². The summed E-state index contributed by atoms with van der Waals surface area (Å²) in [5.41, 5.74) is 19.2. The van der Waals surface area contributed by atoms with E-state index in [-0.39, 0.29) is 5.41 Å². The number of rotatable bonds is 6. The molecular weight excluding hydrogens is 869 g/mol. The molecule has 0 N–H and O–H groups in total. The Hall–Kier alpha value is -8.85. The molecule has 0 unspecified atom stereocenters. The fourth-order valence-corrected chi connectivity index (χ4v) is 12.1. The highest BCUT2D eigenvalue weighted by Gasteiger charge is 2.36. The van der Waals surface area contributed by atoms with Crippen LogP contribution in [-0.4, -0.2) is 10.3 Å². The van der Waals surface area contributed by atoms with E-state index in [4.69, 9.17) is 4.99 Å². The number of aliphatic imine (C=N–C) groups is 1. The molecule has 2 heteroatoms. The number of hydrogen-bond donors (Lipinski definition) is 0. The van der Waals surface area contributed by atoms with Crippen LogP contribution in [0.15, 0.2) is 248 Å². The quantitative estimate of drug-likeness (QED) is 0.148. The molecule has 14 rings (SSSR count). The van der Waals surface area contributed by atoms with Crippen LogP contribution in [0.1, 0.15) is 48.9 Å². The minimum atomic E-state index is -0.169. The summed E-state index contributed by atoms with van der Waals surface area (Å²) in [4.78, 5) is 5.84. The maximum absolute atomic E-state index is 5.84. The Morgan fingerprint density at radius 3 is 1.57 bits per heavy atom. The molecule has 1 aliphatic carbocycles. The van der Waals surface area contributed by atoms with Gasteiger partial charge in [0.25, 0.3) is 0 Å². The van der Waals surface area contributed by atoms with Gasteiger partial charge in [0.2, 0.25) is 0 Å². The van der Waals surface area contributed by atoms with E-state index in [2.05, 4.69) is 261 Å². The Balaban J connectivity index is 0.990. The second-order valence-electron chi connectivity index (χ2n) is 20.2. The molecule has 340 valence electrons. The number of aromatic nitrogens is 1. The third kappa shape index (κ3) is 6.82. The Labute approximate surface area is 420 Å². The third-order valence-electron chi connectivity index (χ3n) is 15.7. The zero-order valence-corrected chi connectivity index (χ0v) is 40.4. The predicted octanol–water partition coefficient (Wildman–Crippen LogP) is 18.7. The normalized spacial score (nSPS) is 14.2. The summed E-state index contributed by atoms with van der Waals surface area (Å²) in [7, 11) is 0. The lowest BCUT2D eigenvalue weighted by Crippen LogP contribution is -2.15. The van der Waals surface area contributed by atoms with Gasteiger partial charge in [-0.3, -0.25) is 4.57 Å². The van der Waals surface area contributed by atoms with Crippen molar-refractivity contribution in [2.45, 2.75) is 32.1 Å². The van der Waals surface area contributed by atoms with Gasteiger partial charge in [0, 0.05) is 21.8 Å². The van der Waals surface area contributed by atoms with Gasteiger partial charge < -0.3 is 0 Å². The van der Waals surface area contributed by atoms with Gasteiger partial charge in [-0.25, -0.2) is 4.99 Å². The maximum Gasteiger partial charge on any atom is 0.134 e. The molecule has 2 aliphatic rings. The van der Waals surface area contributed by atoms with E-state index in [1.165, 1.54) is 115 Å². The molecule has 11 aromatic carbocycles. The molecule has 2 nitrogen and oxygen atoms in total. The number of allylic oxidation sites excluding steroid dienone is 3. The van der Waals surface area contributed by atoms with Crippen LogP contribution in [0.2, 0.25) is 0 Å². The summed E-state index contributed by atoms with van der Waals surface area (Å²) in [6, 6.07) is 85.1. The molecule has 2 heterocycles. The SMILES string of the molecule is CC1(C)c2ccccc2-c2cc3c4cc(-c5ccc6c7ccccc7c7ccccc7c6c5)ccc4n(C4=CCCC(c5cccc(-c6ccccc6)c5)=CC(c5cccc(-c6ccccc6)c5)=N4)c3cc21. The van der Waals surface area contributed by atoms with Gasteiger partial charge in [0.05, 0.1) is 16.7 Å². The summed E-state index contributed by atoms with van der Waals surface area (Å²) >= 11 is 0. The van der Waals surface area contributed by atoms with Crippen molar-refractivity contribution < 1.29 is 0 Å². The molecular formula is C70H50N2. The summed E-state index contributed by atoms with van der Waals surface area (Å²) in [6.07, 6.45) is 6.44. The number of fused-ring (bicyclic) bond motifs is 12. The lowest BCUT2D eigenvalue weighted by molar-refractivity contribution is 0.661. The molecule has 0 atom stereocenters. The summed E-state index contributed by atoms with van der Waals surface area (Å²) in [6.45, 7) is 4.76. The summed E-state index contributed by atoms with van der Waals surface area (Å²) in [5.74, 6) is 0.938. The third-order valence-corrected chi connectivity index (χ3v) is 15.7. The van der Waals surface area contributed by atoms with E-state index in [1.54, 1.807) is 0 Å². The Morgan fingerprint density at radius 1 is 0.361 bits per heavy atom. The molecule has 72 heavy (non-hydrogen) atoms. The van der Waals surface area contributed by atoms with Crippen molar-refractivity contribution in [2.75, 3.05) is 0 Å². The van der Waals surface area contributed by atoms with Crippen LogP contribution in [-0.2, 0) is 5.41 Å². The lowest BCUT2D eigenvalue weighted by atomic mass is 9.82. The molecule has 0 fully saturated rings. The van der Waals surface area contributed by atoms with Gasteiger partial charge in [-0.15, -0.1) is 0 Å². The van der Waals surface area contributed by atoms with Crippen molar-refractivity contribution in [2.24, 2.45) is 4.99 Å². The van der Waals surface area contributed by atoms with E-state index in [0.29, 0.717) is 0 Å². The molecule has 1 aliphatic heterocycles. The van der Waals surface area contributed by atoms with Crippen molar-refractivity contribution in [3.63, 3.8) is 0 Å². The number of hydrogen-bond acceptors (Lipinski definition) is 1. The van der Waals surface area contributed by atoms with Crippen LogP contribution < -0.4 is 0 Å². The molecule has 12 aromatic rings. The van der Waals surface area contributed by atoms with Gasteiger partial charge in [0.15, 0.2) is 0 Å². The van der Waals surface area contributed by atoms with Crippen molar-refractivity contribution in [3.8, 4) is 44.5 Å². The zero-order valence-electron chi connectivity index (χ0n) is 40.4. The zero-order chi connectivity index (χ0) is 47.9. The van der Waals surface area contributed by atoms with Crippen molar-refractivity contribution in [3.05, 3.63) is 265 Å². The van der Waals surface area contributed by atoms with E-state index in [1.807, 2.05) is 0 Å². The molecule has 0 saturated carbocycles. The van der Waals surface area contributed by atoms with Crippen LogP contribution in [0, 0.1) is 0 Å². The van der Waals surface area contributed by atoms with Crippen LogP contribution in [0.5, 0.6) is 0 Å². The molecule has 1 aromatic heterocycles. The van der Waals surface area contributed by atoms with Gasteiger partial charge in [-0.2, -0.15) is 0 Å². The van der Waals surface area contributed by atoms with Crippen molar-refractivity contribution in [1.29, 1.82) is 0 Å². The van der Waals surface area contributed by atoms with Crippen molar-refractivity contribution >= 4 is 71.2 Å². The smallest absolute Gasteiger partial charge is 0.134 e. The van der Waals surface area contributed by atoms with E-state index >= 15 is 0 Å². The van der Waals surface area contributed by atoms with E-state index < -0.39 is 0 Å². The first kappa shape index (κ1) is 42.1. The van der Waals surface area contributed by atoms with Gasteiger partial charge in [0.1, 0.15) is 5.82 Å². The monoisotopic (exact) mass is 918 g/mol. The predicted molar refractivity (Wildman–Crippen MR) is 307 cm³/mol. The topological polar surface area (TPSA) is 17.3 Å². The Morgan fingerprint density at radius 2 is 0.875 bits per heavy atom. The fraction of sp³-hybridized carbons (Fsp3) is 0.0714. The minimum absolute atomic E-state index is 0.169. The first-order valence-electron chi connectivity index (χ1n) is 25.3. The van der Waals surface area contributed by atoms with Gasteiger partial charge >= 0.3 is 0 Å². The van der Waals surface area contributed by atoms with E-state index in [9.17, 15) is 0 Å². The Bertz CT molecular complexity index is 4240. The molecule has 0 saturated heterocycles. The van der Waals surface area contributed by atoms with Crippen molar-refractivity contribution in [1.82, 2.24) is 4.57 Å². The lowest BCUT2D eigenvalue weighted by Gasteiger charge is -2.22. The van der Waals surface area contributed by atoms with Crippen LogP contribution >= 0.6 is 0 Å². The number of nitrogens with zero attached hydrogens (tertiary/aromatic N) is 2. The molecule has 0 bridgehead atoms. The van der Waals surface area contributed by atoms with Gasteiger partial charge in [-0.1, -0.05) is 202 Å². The minimum Gasteiger partial charge on any atom is -0.294 e. The first-order valence-corrected chi connectivity index (χ1v) is 25.3. The largest absolute Gasteiger partial charge is 0.294 e.